The van der Waals surface area contributed by atoms with E-state index < -0.39 is 28.3 Å². The number of benzene rings is 1. The summed E-state index contributed by atoms with van der Waals surface area (Å²) in [5.41, 5.74) is 5.85. The molecule has 8 rings (SSSR count). The fourth-order valence-electron chi connectivity index (χ4n) is 5.68. The van der Waals surface area contributed by atoms with Crippen LogP contribution in [0, 0.1) is 12.8 Å². The van der Waals surface area contributed by atoms with E-state index in [1.54, 1.807) is 41.5 Å². The second-order valence-electron chi connectivity index (χ2n) is 12.5. The number of para-hydroxylation sites is 1. The number of aromatic nitrogens is 9. The molecule has 4 atom stereocenters. The van der Waals surface area contributed by atoms with E-state index >= 15 is 0 Å². The SMILES string of the molecule is CC1CC1S(=O)c1cc2c(cn1)nc(-c1nccs1)n2-c1ccccc1.Cc1nc2c(-c3ccccn3)nn(C(C)C)c2nc1S(=O)CCCF. The number of thiazole rings is 1. The number of halogens is 1. The van der Waals surface area contributed by atoms with Gasteiger partial charge < -0.3 is 0 Å². The number of hydrogen-bond acceptors (Lipinski definition) is 10. The van der Waals surface area contributed by atoms with E-state index in [0.29, 0.717) is 44.2 Å². The Morgan fingerprint density at radius 2 is 1.78 bits per heavy atom. The van der Waals surface area contributed by atoms with Gasteiger partial charge in [0.05, 0.1) is 51.4 Å². The van der Waals surface area contributed by atoms with Crippen molar-refractivity contribution in [3.05, 3.63) is 84.3 Å². The minimum absolute atomic E-state index is 0.0593. The van der Waals surface area contributed by atoms with Crippen molar-refractivity contribution in [2.24, 2.45) is 5.92 Å². The summed E-state index contributed by atoms with van der Waals surface area (Å²) in [4.78, 5) is 27.2. The quantitative estimate of drug-likeness (QED) is 0.142. The third kappa shape index (κ3) is 7.14. The van der Waals surface area contributed by atoms with Crippen molar-refractivity contribution in [3.8, 4) is 27.9 Å². The van der Waals surface area contributed by atoms with Crippen LogP contribution < -0.4 is 0 Å². The molecular formula is C36H36FN9O2S3. The third-order valence-corrected chi connectivity index (χ3v) is 12.5. The maximum Gasteiger partial charge on any atom is 0.178 e. The first-order valence-corrected chi connectivity index (χ1v) is 20.0. The molecule has 4 unspecified atom stereocenters. The highest BCUT2D eigenvalue weighted by molar-refractivity contribution is 7.86. The van der Waals surface area contributed by atoms with Gasteiger partial charge in [0.25, 0.3) is 0 Å². The van der Waals surface area contributed by atoms with Gasteiger partial charge in [-0.1, -0.05) is 31.2 Å². The van der Waals surface area contributed by atoms with Crippen molar-refractivity contribution in [1.82, 2.24) is 44.3 Å². The maximum absolute atomic E-state index is 12.8. The first kappa shape index (κ1) is 34.8. The van der Waals surface area contributed by atoms with Crippen LogP contribution in [0.15, 0.2) is 88.6 Å². The maximum atomic E-state index is 12.8. The van der Waals surface area contributed by atoms with Gasteiger partial charge in [0.15, 0.2) is 21.5 Å². The van der Waals surface area contributed by atoms with E-state index in [2.05, 4.69) is 41.5 Å². The zero-order chi connectivity index (χ0) is 35.6. The molecule has 6 aromatic heterocycles. The molecule has 0 radical (unpaired) electrons. The molecule has 0 amide bonds. The number of hydrogen-bond donors (Lipinski definition) is 0. The highest BCUT2D eigenvalue weighted by Crippen LogP contribution is 2.38. The number of imidazole rings is 1. The normalized spacial score (nSPS) is 16.7. The van der Waals surface area contributed by atoms with Gasteiger partial charge in [-0.3, -0.25) is 22.4 Å². The fraction of sp³-hybridized carbons (Fsp3) is 0.306. The van der Waals surface area contributed by atoms with E-state index in [-0.39, 0.29) is 23.5 Å². The summed E-state index contributed by atoms with van der Waals surface area (Å²) in [5.74, 6) is 1.53. The van der Waals surface area contributed by atoms with Gasteiger partial charge in [-0.15, -0.1) is 11.3 Å². The Labute approximate surface area is 303 Å². The molecule has 11 nitrogen and oxygen atoms in total. The second kappa shape index (κ2) is 14.9. The second-order valence-corrected chi connectivity index (χ2v) is 16.5. The molecule has 1 aromatic carbocycles. The molecule has 7 aromatic rings. The van der Waals surface area contributed by atoms with Crippen LogP contribution in [0.5, 0.6) is 0 Å². The molecule has 1 aliphatic rings. The lowest BCUT2D eigenvalue weighted by Gasteiger charge is -2.08. The summed E-state index contributed by atoms with van der Waals surface area (Å²) >= 11 is 1.55. The van der Waals surface area contributed by atoms with Gasteiger partial charge in [0.1, 0.15) is 21.8 Å². The Morgan fingerprint density at radius 3 is 2.45 bits per heavy atom. The summed E-state index contributed by atoms with van der Waals surface area (Å²) in [6.45, 7) is 7.40. The number of rotatable bonds is 10. The van der Waals surface area contributed by atoms with Gasteiger partial charge in [-0.25, -0.2) is 29.6 Å². The summed E-state index contributed by atoms with van der Waals surface area (Å²) in [5, 5.41) is 8.69. The van der Waals surface area contributed by atoms with E-state index in [4.69, 9.17) is 4.98 Å². The molecule has 0 aliphatic heterocycles. The van der Waals surface area contributed by atoms with Crippen LogP contribution in [-0.2, 0) is 21.6 Å². The highest BCUT2D eigenvalue weighted by Gasteiger charge is 2.39. The van der Waals surface area contributed by atoms with Crippen LogP contribution in [0.3, 0.4) is 0 Å². The highest BCUT2D eigenvalue weighted by atomic mass is 32.2. The largest absolute Gasteiger partial charge is 0.290 e. The van der Waals surface area contributed by atoms with E-state index in [9.17, 15) is 12.8 Å². The summed E-state index contributed by atoms with van der Waals surface area (Å²) < 4.78 is 41.4. The number of fused-ring (bicyclic) bond motifs is 2. The minimum Gasteiger partial charge on any atom is -0.290 e. The van der Waals surface area contributed by atoms with Gasteiger partial charge in [0, 0.05) is 40.5 Å². The van der Waals surface area contributed by atoms with Gasteiger partial charge in [-0.05, 0) is 69.9 Å². The molecule has 0 spiro atoms. The van der Waals surface area contributed by atoms with Crippen molar-refractivity contribution in [2.75, 3.05) is 12.4 Å². The molecule has 1 fully saturated rings. The Balaban J connectivity index is 0.000000159. The molecule has 262 valence electrons. The third-order valence-electron chi connectivity index (χ3n) is 8.40. The van der Waals surface area contributed by atoms with E-state index in [0.717, 1.165) is 34.0 Å². The lowest BCUT2D eigenvalue weighted by molar-refractivity contribution is 0.487. The van der Waals surface area contributed by atoms with Crippen molar-refractivity contribution in [2.45, 2.75) is 61.9 Å². The first-order chi connectivity index (χ1) is 24.7. The van der Waals surface area contributed by atoms with Crippen molar-refractivity contribution < 1.29 is 12.8 Å². The number of aryl methyl sites for hydroxylation is 1. The monoisotopic (exact) mass is 741 g/mol. The Kier molecular flexibility index (Phi) is 10.2. The van der Waals surface area contributed by atoms with Crippen LogP contribution in [0.1, 0.15) is 45.3 Å². The summed E-state index contributed by atoms with van der Waals surface area (Å²) in [6, 6.07) is 17.7. The molecule has 6 heterocycles. The number of pyridine rings is 2. The lowest BCUT2D eigenvalue weighted by atomic mass is 10.2. The Morgan fingerprint density at radius 1 is 1.00 bits per heavy atom. The number of alkyl halides is 1. The predicted molar refractivity (Wildman–Crippen MR) is 199 cm³/mol. The molecular weight excluding hydrogens is 706 g/mol. The van der Waals surface area contributed by atoms with Crippen LogP contribution in [0.25, 0.3) is 50.1 Å². The van der Waals surface area contributed by atoms with Crippen LogP contribution in [0.2, 0.25) is 0 Å². The van der Waals surface area contributed by atoms with Crippen molar-refractivity contribution >= 4 is 55.1 Å². The Hall–Kier alpha value is -4.60. The molecule has 51 heavy (non-hydrogen) atoms. The standard InChI is InChI=1S/C19H16N4OS2.C17H20FN5OS/c1-12-9-16(12)26(24)17-10-15-14(11-21-17)22-18(19-20-7-8-25-19)23(15)13-5-3-2-4-6-13;1-11(2)23-16-15(14(22-23)13-7-4-5-9-19-13)20-12(3)17(21-16)25(24)10-6-8-18/h2-8,10-12,16H,9H2,1H3;4-5,7,9,11H,6,8,10H2,1-3H3. The van der Waals surface area contributed by atoms with Crippen LogP contribution >= 0.6 is 11.3 Å². The van der Waals surface area contributed by atoms with Gasteiger partial charge in [0.2, 0.25) is 0 Å². The molecule has 1 saturated carbocycles. The average Bonchev–Trinajstić information content (AvgIpc) is 3.50. The predicted octanol–water partition coefficient (Wildman–Crippen LogP) is 7.30. The zero-order valence-electron chi connectivity index (χ0n) is 28.5. The summed E-state index contributed by atoms with van der Waals surface area (Å²) in [7, 11) is -2.45. The van der Waals surface area contributed by atoms with E-state index in [1.165, 1.54) is 0 Å². The molecule has 0 N–H and O–H groups in total. The van der Waals surface area contributed by atoms with Crippen LogP contribution in [0.4, 0.5) is 4.39 Å². The lowest BCUT2D eigenvalue weighted by Crippen LogP contribution is -2.09. The van der Waals surface area contributed by atoms with E-state index in [1.807, 2.05) is 73.8 Å². The molecule has 0 bridgehead atoms. The van der Waals surface area contributed by atoms with Crippen molar-refractivity contribution in [3.63, 3.8) is 0 Å². The molecule has 15 heteroatoms. The van der Waals surface area contributed by atoms with Gasteiger partial charge in [-0.2, -0.15) is 5.10 Å². The zero-order valence-corrected chi connectivity index (χ0v) is 31.0. The number of nitrogens with zero attached hydrogens (tertiary/aromatic N) is 9. The summed E-state index contributed by atoms with van der Waals surface area (Å²) in [6.07, 6.45) is 6.47. The smallest absolute Gasteiger partial charge is 0.178 e. The molecule has 1 aliphatic carbocycles. The minimum atomic E-state index is -1.38. The van der Waals surface area contributed by atoms with Gasteiger partial charge >= 0.3 is 0 Å². The topological polar surface area (TPSA) is 134 Å². The fourth-order valence-corrected chi connectivity index (χ4v) is 9.02. The Bertz CT molecular complexity index is 2350. The first-order valence-electron chi connectivity index (χ1n) is 16.6. The van der Waals surface area contributed by atoms with Crippen molar-refractivity contribution in [1.29, 1.82) is 0 Å². The van der Waals surface area contributed by atoms with Crippen LogP contribution in [-0.4, -0.2) is 70.3 Å². The molecule has 0 saturated heterocycles. The average molecular weight is 742 g/mol.